The molecule has 23 heavy (non-hydrogen) atoms. The second kappa shape index (κ2) is 7.08. The molecule has 0 saturated heterocycles. The van der Waals surface area contributed by atoms with Gasteiger partial charge < -0.3 is 19.7 Å². The van der Waals surface area contributed by atoms with Gasteiger partial charge in [0, 0.05) is 23.8 Å². The molecule has 1 unspecified atom stereocenters. The number of aromatic nitrogens is 2. The number of hydrogen-bond donors (Lipinski definition) is 3. The molecule has 0 aliphatic heterocycles. The van der Waals surface area contributed by atoms with E-state index in [1.807, 2.05) is 18.4 Å². The van der Waals surface area contributed by atoms with Crippen LogP contribution in [0.3, 0.4) is 0 Å². The fourth-order valence-electron chi connectivity index (χ4n) is 2.20. The van der Waals surface area contributed by atoms with Crippen molar-refractivity contribution in [2.75, 3.05) is 5.32 Å². The first-order chi connectivity index (χ1) is 10.8. The molecule has 3 N–H and O–H groups in total. The Balaban J connectivity index is 2.11. The van der Waals surface area contributed by atoms with Crippen LogP contribution in [-0.2, 0) is 9.36 Å². The van der Waals surface area contributed by atoms with Crippen LogP contribution in [0, 0.1) is 5.92 Å². The van der Waals surface area contributed by atoms with Crippen LogP contribution in [-0.4, -0.2) is 30.9 Å². The number of rotatable bonds is 6. The summed E-state index contributed by atoms with van der Waals surface area (Å²) in [5, 5.41) is 2.57. The second-order valence-electron chi connectivity index (χ2n) is 5.74. The maximum Gasteiger partial charge on any atom is 0.337 e. The summed E-state index contributed by atoms with van der Waals surface area (Å²) in [5.74, 6) is -0.663. The highest BCUT2D eigenvalue weighted by Crippen LogP contribution is 2.44. The molecule has 0 aliphatic carbocycles. The minimum Gasteiger partial charge on any atom is -0.325 e. The minimum absolute atomic E-state index is 0.00184. The van der Waals surface area contributed by atoms with Gasteiger partial charge in [-0.1, -0.05) is 13.8 Å². The van der Waals surface area contributed by atoms with Crippen molar-refractivity contribution in [1.82, 2.24) is 9.55 Å². The Kier molecular flexibility index (Phi) is 5.36. The molecule has 0 aliphatic rings. The number of anilines is 1. The molecule has 1 aromatic carbocycles. The van der Waals surface area contributed by atoms with E-state index in [4.69, 9.17) is 0 Å². The first-order valence-corrected chi connectivity index (χ1v) is 8.90. The number of benzene rings is 1. The molecular weight excluding hydrogens is 317 g/mol. The maximum absolute atomic E-state index is 12.2. The summed E-state index contributed by atoms with van der Waals surface area (Å²) in [6, 6.07) is 6.93. The van der Waals surface area contributed by atoms with E-state index in [0.29, 0.717) is 5.69 Å². The van der Waals surface area contributed by atoms with Gasteiger partial charge in [0.25, 0.3) is 0 Å². The van der Waals surface area contributed by atoms with E-state index >= 15 is 0 Å². The molecule has 0 radical (unpaired) electrons. The molecule has 0 bridgehead atoms. The Bertz CT molecular complexity index is 692. The number of carbonyl (C=O) groups excluding carboxylic acids is 1. The van der Waals surface area contributed by atoms with Crippen molar-refractivity contribution in [3.05, 3.63) is 43.0 Å². The van der Waals surface area contributed by atoms with Crippen LogP contribution in [0.15, 0.2) is 43.0 Å². The molecule has 1 atom stereocenters. The van der Waals surface area contributed by atoms with Gasteiger partial charge in [-0.15, -0.1) is 0 Å². The van der Waals surface area contributed by atoms with Crippen LogP contribution >= 0.6 is 7.60 Å². The lowest BCUT2D eigenvalue weighted by Gasteiger charge is -2.19. The lowest BCUT2D eigenvalue weighted by molar-refractivity contribution is -0.116. The van der Waals surface area contributed by atoms with Crippen LogP contribution in [0.25, 0.3) is 5.69 Å². The normalized spacial score (nSPS) is 13.1. The quantitative estimate of drug-likeness (QED) is 0.702. The highest BCUT2D eigenvalue weighted by Gasteiger charge is 2.36. The fraction of sp³-hybridized carbons (Fsp3) is 0.333. The predicted octanol–water partition coefficient (Wildman–Crippen LogP) is 2.40. The first-order valence-electron chi connectivity index (χ1n) is 7.22. The van der Waals surface area contributed by atoms with Crippen LogP contribution in [0.4, 0.5) is 5.69 Å². The minimum atomic E-state index is -4.50. The predicted molar refractivity (Wildman–Crippen MR) is 87.5 cm³/mol. The molecule has 1 amide bonds. The Labute approximate surface area is 134 Å². The lowest BCUT2D eigenvalue weighted by Crippen LogP contribution is -2.29. The number of amides is 1. The molecule has 2 rings (SSSR count). The van der Waals surface area contributed by atoms with Crippen molar-refractivity contribution in [3.63, 3.8) is 0 Å². The summed E-state index contributed by atoms with van der Waals surface area (Å²) < 4.78 is 13.3. The number of carbonyl (C=O) groups is 1. The van der Waals surface area contributed by atoms with Gasteiger partial charge in [-0.05, 0) is 36.6 Å². The van der Waals surface area contributed by atoms with E-state index in [2.05, 4.69) is 10.3 Å². The standard InChI is InChI=1S/C15H20N3O4P/c1-11(2)9-14(23(20,21)22)15(19)17-12-3-5-13(6-4-12)18-8-7-16-10-18/h3-8,10-11,14H,9H2,1-2H3,(H,17,19)(H2,20,21,22). The topological polar surface area (TPSA) is 104 Å². The van der Waals surface area contributed by atoms with E-state index in [1.165, 1.54) is 0 Å². The first kappa shape index (κ1) is 17.4. The Hall–Kier alpha value is -1.95. The smallest absolute Gasteiger partial charge is 0.325 e. The summed E-state index contributed by atoms with van der Waals surface area (Å²) >= 11 is 0. The molecule has 124 valence electrons. The Morgan fingerprint density at radius 1 is 1.30 bits per heavy atom. The van der Waals surface area contributed by atoms with Crippen LogP contribution < -0.4 is 5.32 Å². The zero-order valence-electron chi connectivity index (χ0n) is 13.0. The number of nitrogens with zero attached hydrogens (tertiary/aromatic N) is 2. The molecular formula is C15H20N3O4P. The van der Waals surface area contributed by atoms with E-state index in [1.54, 1.807) is 43.0 Å². The van der Waals surface area contributed by atoms with Gasteiger partial charge in [-0.25, -0.2) is 4.98 Å². The molecule has 1 aromatic heterocycles. The molecule has 0 saturated carbocycles. The highest BCUT2D eigenvalue weighted by atomic mass is 31.2. The maximum atomic E-state index is 12.2. The lowest BCUT2D eigenvalue weighted by atomic mass is 10.1. The van der Waals surface area contributed by atoms with E-state index < -0.39 is 19.2 Å². The monoisotopic (exact) mass is 337 g/mol. The summed E-state index contributed by atoms with van der Waals surface area (Å²) in [6.45, 7) is 3.63. The summed E-state index contributed by atoms with van der Waals surface area (Å²) in [5.41, 5.74) is 0.0196. The van der Waals surface area contributed by atoms with Gasteiger partial charge in [0.2, 0.25) is 5.91 Å². The third-order valence-electron chi connectivity index (χ3n) is 3.34. The van der Waals surface area contributed by atoms with Crippen LogP contribution in [0.5, 0.6) is 0 Å². The van der Waals surface area contributed by atoms with Gasteiger partial charge in [-0.3, -0.25) is 9.36 Å². The zero-order valence-corrected chi connectivity index (χ0v) is 13.9. The van der Waals surface area contributed by atoms with Crippen molar-refractivity contribution in [1.29, 1.82) is 0 Å². The molecule has 8 heteroatoms. The summed E-state index contributed by atoms with van der Waals surface area (Å²) in [6.07, 6.45) is 5.23. The van der Waals surface area contributed by atoms with E-state index in [0.717, 1.165) is 5.69 Å². The third kappa shape index (κ3) is 4.76. The zero-order chi connectivity index (χ0) is 17.0. The van der Waals surface area contributed by atoms with Gasteiger partial charge >= 0.3 is 7.60 Å². The second-order valence-corrected chi connectivity index (χ2v) is 7.54. The van der Waals surface area contributed by atoms with E-state index in [-0.39, 0.29) is 12.3 Å². The molecule has 1 heterocycles. The fourth-order valence-corrected chi connectivity index (χ4v) is 3.26. The SMILES string of the molecule is CC(C)CC(C(=O)Nc1ccc(-n2ccnc2)cc1)P(=O)(O)O. The van der Waals surface area contributed by atoms with Crippen LogP contribution in [0.1, 0.15) is 20.3 Å². The van der Waals surface area contributed by atoms with Gasteiger partial charge in [0.05, 0.1) is 6.33 Å². The highest BCUT2D eigenvalue weighted by molar-refractivity contribution is 7.53. The van der Waals surface area contributed by atoms with Crippen molar-refractivity contribution in [2.24, 2.45) is 5.92 Å². The van der Waals surface area contributed by atoms with Gasteiger partial charge in [-0.2, -0.15) is 0 Å². The van der Waals surface area contributed by atoms with Crippen molar-refractivity contribution >= 4 is 19.2 Å². The third-order valence-corrected chi connectivity index (χ3v) is 4.60. The number of imidazole rings is 1. The molecule has 0 fully saturated rings. The average molecular weight is 337 g/mol. The number of nitrogens with one attached hydrogen (secondary N) is 1. The van der Waals surface area contributed by atoms with Crippen molar-refractivity contribution < 1.29 is 19.1 Å². The van der Waals surface area contributed by atoms with Gasteiger partial charge in [0.15, 0.2) is 0 Å². The largest absolute Gasteiger partial charge is 0.337 e. The van der Waals surface area contributed by atoms with Gasteiger partial charge in [0.1, 0.15) is 5.66 Å². The summed E-state index contributed by atoms with van der Waals surface area (Å²) in [7, 11) is -4.50. The Morgan fingerprint density at radius 3 is 2.43 bits per heavy atom. The Morgan fingerprint density at radius 2 is 1.96 bits per heavy atom. The van der Waals surface area contributed by atoms with Crippen LogP contribution in [0.2, 0.25) is 0 Å². The molecule has 2 aromatic rings. The number of hydrogen-bond acceptors (Lipinski definition) is 3. The summed E-state index contributed by atoms with van der Waals surface area (Å²) in [4.78, 5) is 34.9. The average Bonchev–Trinajstić information content (AvgIpc) is 2.98. The molecule has 7 nitrogen and oxygen atoms in total. The molecule has 0 spiro atoms. The van der Waals surface area contributed by atoms with E-state index in [9.17, 15) is 19.1 Å². The van der Waals surface area contributed by atoms with Crippen molar-refractivity contribution in [2.45, 2.75) is 25.9 Å². The van der Waals surface area contributed by atoms with Crippen molar-refractivity contribution in [3.8, 4) is 5.69 Å².